The van der Waals surface area contributed by atoms with Gasteiger partial charge in [-0.3, -0.25) is 4.68 Å². The van der Waals surface area contributed by atoms with Crippen molar-refractivity contribution < 1.29 is 27.1 Å². The van der Waals surface area contributed by atoms with Crippen LogP contribution in [-0.2, 0) is 19.9 Å². The fourth-order valence-electron chi connectivity index (χ4n) is 4.63. The minimum Gasteiger partial charge on any atom is -0.385 e. The Hall–Kier alpha value is -3.25. The summed E-state index contributed by atoms with van der Waals surface area (Å²) in [5.74, 6) is -1.66. The van der Waals surface area contributed by atoms with E-state index in [-0.39, 0.29) is 46.2 Å². The molecule has 1 aliphatic carbocycles. The molecule has 1 aliphatic rings. The number of rotatable bonds is 5. The second kappa shape index (κ2) is 8.84. The number of fused-ring (bicyclic) bond motifs is 1. The summed E-state index contributed by atoms with van der Waals surface area (Å²) in [5.41, 5.74) is 1.03. The monoisotopic (exact) mass is 475 g/mol. The molecule has 1 N–H and O–H groups in total. The van der Waals surface area contributed by atoms with E-state index in [0.29, 0.717) is 16.8 Å². The molecule has 0 fully saturated rings. The summed E-state index contributed by atoms with van der Waals surface area (Å²) >= 11 is 0. The van der Waals surface area contributed by atoms with Gasteiger partial charge in [0.05, 0.1) is 17.8 Å². The van der Waals surface area contributed by atoms with Crippen molar-refractivity contribution in [1.82, 2.24) is 9.78 Å². The molecule has 0 radical (unpaired) electrons. The van der Waals surface area contributed by atoms with Gasteiger partial charge in [-0.15, -0.1) is 0 Å². The highest BCUT2D eigenvalue weighted by Gasteiger charge is 2.38. The van der Waals surface area contributed by atoms with Gasteiger partial charge in [0.25, 0.3) is 0 Å². The van der Waals surface area contributed by atoms with Crippen LogP contribution in [-0.4, -0.2) is 27.2 Å². The molecule has 4 nitrogen and oxygen atoms in total. The number of aliphatic hydroxyl groups is 1. The number of nitrogens with zero attached hydrogens (tertiary/aromatic N) is 3. The van der Waals surface area contributed by atoms with E-state index in [4.69, 9.17) is 0 Å². The van der Waals surface area contributed by atoms with Gasteiger partial charge < -0.3 is 5.11 Å². The lowest BCUT2D eigenvalue weighted by Crippen LogP contribution is -2.11. The van der Waals surface area contributed by atoms with E-state index >= 15 is 4.39 Å². The van der Waals surface area contributed by atoms with Crippen molar-refractivity contribution in [2.24, 2.45) is 7.05 Å². The number of halogens is 5. The molecule has 34 heavy (non-hydrogen) atoms. The van der Waals surface area contributed by atoms with Crippen LogP contribution < -0.4 is 0 Å². The van der Waals surface area contributed by atoms with Gasteiger partial charge in [0.1, 0.15) is 30.1 Å². The van der Waals surface area contributed by atoms with Crippen molar-refractivity contribution in [3.63, 3.8) is 0 Å². The van der Waals surface area contributed by atoms with Gasteiger partial charge in [-0.2, -0.15) is 10.4 Å². The second-order valence-electron chi connectivity index (χ2n) is 8.61. The van der Waals surface area contributed by atoms with Crippen LogP contribution in [0, 0.1) is 29.9 Å². The standard InChI is InChI=1S/C25H22F5N3O/c1-11(26)24(30)18-7-15(27)4-14(9-31)16(18)5-13-6-20(28)22(19-10-32-33(3)12(19)2)23-17(13)8-21(29)25(23)34/h4,6-7,10-11,21,24-25,34H,5,8H2,1-3H3. The molecule has 3 aromatic rings. The number of hydrogen-bond acceptors (Lipinski definition) is 3. The van der Waals surface area contributed by atoms with E-state index in [0.717, 1.165) is 25.1 Å². The second-order valence-corrected chi connectivity index (χ2v) is 8.61. The minimum absolute atomic E-state index is 0.00962. The van der Waals surface area contributed by atoms with Crippen LogP contribution in [0.3, 0.4) is 0 Å². The van der Waals surface area contributed by atoms with E-state index in [1.807, 2.05) is 0 Å². The van der Waals surface area contributed by atoms with Crippen molar-refractivity contribution in [2.75, 3.05) is 0 Å². The van der Waals surface area contributed by atoms with E-state index in [1.165, 1.54) is 10.9 Å². The molecule has 0 spiro atoms. The fraction of sp³-hybridized carbons (Fsp3) is 0.360. The van der Waals surface area contributed by atoms with Gasteiger partial charge in [-0.05, 0) is 66.3 Å². The molecule has 0 saturated carbocycles. The zero-order valence-corrected chi connectivity index (χ0v) is 18.7. The van der Waals surface area contributed by atoms with Crippen molar-refractivity contribution in [3.05, 3.63) is 75.1 Å². The van der Waals surface area contributed by atoms with Gasteiger partial charge >= 0.3 is 0 Å². The molecule has 4 atom stereocenters. The lowest BCUT2D eigenvalue weighted by atomic mass is 9.86. The van der Waals surface area contributed by atoms with Crippen molar-refractivity contribution in [1.29, 1.82) is 5.26 Å². The third kappa shape index (κ3) is 3.86. The third-order valence-corrected chi connectivity index (χ3v) is 6.50. The number of aliphatic hydroxyl groups excluding tert-OH is 1. The van der Waals surface area contributed by atoms with Gasteiger partial charge in [0.2, 0.25) is 0 Å². The summed E-state index contributed by atoms with van der Waals surface area (Å²) in [5, 5.41) is 24.2. The molecular weight excluding hydrogens is 453 g/mol. The fourth-order valence-corrected chi connectivity index (χ4v) is 4.63. The van der Waals surface area contributed by atoms with Crippen LogP contribution in [0.1, 0.15) is 58.3 Å². The highest BCUT2D eigenvalue weighted by Crippen LogP contribution is 2.45. The topological polar surface area (TPSA) is 61.8 Å². The van der Waals surface area contributed by atoms with Crippen molar-refractivity contribution >= 4 is 0 Å². The first kappa shape index (κ1) is 23.9. The Morgan fingerprint density at radius 3 is 2.56 bits per heavy atom. The molecule has 0 aliphatic heterocycles. The average Bonchev–Trinajstić information content (AvgIpc) is 3.27. The lowest BCUT2D eigenvalue weighted by molar-refractivity contribution is 0.0928. The van der Waals surface area contributed by atoms with E-state index in [2.05, 4.69) is 5.10 Å². The zero-order valence-electron chi connectivity index (χ0n) is 18.7. The SMILES string of the molecule is Cc1c(-c2c(F)cc(Cc3c(C#N)cc(F)cc3C(F)C(C)F)c3c2C(O)C(F)C3)cnn1C. The number of benzene rings is 2. The molecule has 9 heteroatoms. The number of hydrogen-bond donors (Lipinski definition) is 1. The maximum absolute atomic E-state index is 15.5. The first-order chi connectivity index (χ1) is 16.0. The summed E-state index contributed by atoms with van der Waals surface area (Å²) in [6, 6.07) is 4.63. The molecule has 1 heterocycles. The van der Waals surface area contributed by atoms with Gasteiger partial charge in [-0.1, -0.05) is 0 Å². The number of alkyl halides is 3. The Bertz CT molecular complexity index is 1310. The molecule has 0 saturated heterocycles. The predicted molar refractivity (Wildman–Crippen MR) is 115 cm³/mol. The Labute approximate surface area is 193 Å². The molecule has 4 unspecified atom stereocenters. The molecular formula is C25H22F5N3O. The van der Waals surface area contributed by atoms with Crippen molar-refractivity contribution in [2.45, 2.75) is 51.3 Å². The van der Waals surface area contributed by atoms with E-state index < -0.39 is 36.3 Å². The summed E-state index contributed by atoms with van der Waals surface area (Å²) in [6.45, 7) is 2.68. The maximum Gasteiger partial charge on any atom is 0.156 e. The van der Waals surface area contributed by atoms with E-state index in [9.17, 15) is 27.9 Å². The molecule has 178 valence electrons. The first-order valence-corrected chi connectivity index (χ1v) is 10.7. The highest BCUT2D eigenvalue weighted by molar-refractivity contribution is 5.74. The Kier molecular flexibility index (Phi) is 6.21. The zero-order chi connectivity index (χ0) is 24.9. The van der Waals surface area contributed by atoms with Crippen LogP contribution >= 0.6 is 0 Å². The van der Waals surface area contributed by atoms with Crippen molar-refractivity contribution in [3.8, 4) is 17.2 Å². The lowest BCUT2D eigenvalue weighted by Gasteiger charge is -2.20. The minimum atomic E-state index is -2.22. The smallest absolute Gasteiger partial charge is 0.156 e. The van der Waals surface area contributed by atoms with Gasteiger partial charge in [0.15, 0.2) is 6.17 Å². The van der Waals surface area contributed by atoms with Crippen LogP contribution in [0.5, 0.6) is 0 Å². The predicted octanol–water partition coefficient (Wildman–Crippen LogP) is 5.43. The maximum atomic E-state index is 15.5. The Morgan fingerprint density at radius 1 is 1.26 bits per heavy atom. The van der Waals surface area contributed by atoms with E-state index in [1.54, 1.807) is 20.0 Å². The van der Waals surface area contributed by atoms with Crippen LogP contribution in [0.4, 0.5) is 22.0 Å². The first-order valence-electron chi connectivity index (χ1n) is 10.7. The molecule has 2 aromatic carbocycles. The molecule has 4 rings (SSSR count). The Balaban J connectivity index is 1.93. The Morgan fingerprint density at radius 2 is 1.97 bits per heavy atom. The number of aryl methyl sites for hydroxylation is 1. The number of nitriles is 1. The van der Waals surface area contributed by atoms with Gasteiger partial charge in [-0.25, -0.2) is 22.0 Å². The summed E-state index contributed by atoms with van der Waals surface area (Å²) in [7, 11) is 1.67. The summed E-state index contributed by atoms with van der Waals surface area (Å²) in [6.07, 6.45) is -6.56. The van der Waals surface area contributed by atoms with Crippen LogP contribution in [0.25, 0.3) is 11.1 Å². The van der Waals surface area contributed by atoms with Crippen LogP contribution in [0.2, 0.25) is 0 Å². The number of aromatic nitrogens is 2. The largest absolute Gasteiger partial charge is 0.385 e. The molecule has 1 aromatic heterocycles. The van der Waals surface area contributed by atoms with Gasteiger partial charge in [0, 0.05) is 30.3 Å². The summed E-state index contributed by atoms with van der Waals surface area (Å²) < 4.78 is 74.2. The summed E-state index contributed by atoms with van der Waals surface area (Å²) in [4.78, 5) is 0. The molecule has 0 amide bonds. The quantitative estimate of drug-likeness (QED) is 0.501. The molecule has 0 bridgehead atoms. The third-order valence-electron chi connectivity index (χ3n) is 6.50. The average molecular weight is 475 g/mol. The normalized spacial score (nSPS) is 19.1. The van der Waals surface area contributed by atoms with Crippen LogP contribution in [0.15, 0.2) is 24.4 Å². The highest BCUT2D eigenvalue weighted by atomic mass is 19.2.